The van der Waals surface area contributed by atoms with Crippen LogP contribution in [0.2, 0.25) is 0 Å². The van der Waals surface area contributed by atoms with Gasteiger partial charge < -0.3 is 10.1 Å². The van der Waals surface area contributed by atoms with E-state index in [2.05, 4.69) is 31.0 Å². The van der Waals surface area contributed by atoms with E-state index in [1.54, 1.807) is 19.0 Å². The zero-order valence-electron chi connectivity index (χ0n) is 18.3. The molecule has 2 rings (SSSR count). The van der Waals surface area contributed by atoms with Gasteiger partial charge in [-0.1, -0.05) is 27.2 Å². The van der Waals surface area contributed by atoms with E-state index in [0.29, 0.717) is 17.0 Å². The number of nitrogens with one attached hydrogen (secondary N) is 1. The Bertz CT molecular complexity index is 716. The number of piperidine rings is 1. The van der Waals surface area contributed by atoms with Gasteiger partial charge in [0.15, 0.2) is 11.5 Å². The van der Waals surface area contributed by atoms with Crippen molar-refractivity contribution in [3.63, 3.8) is 0 Å². The molecule has 0 radical (unpaired) electrons. The van der Waals surface area contributed by atoms with Crippen molar-refractivity contribution in [1.82, 2.24) is 10.2 Å². The van der Waals surface area contributed by atoms with Crippen molar-refractivity contribution >= 4 is 11.5 Å². The molecule has 6 heteroatoms. The molecule has 1 saturated heterocycles. The molecule has 1 heterocycles. The summed E-state index contributed by atoms with van der Waals surface area (Å²) in [5, 5.41) is 4.83. The minimum Gasteiger partial charge on any atom is -0.494 e. The summed E-state index contributed by atoms with van der Waals surface area (Å²) >= 11 is 0. The summed E-state index contributed by atoms with van der Waals surface area (Å²) in [5.74, 6) is 6.91. The quantitative estimate of drug-likeness (QED) is 0.424. The number of Topliss-reactive ketones (excluding diaryl/α,β-unsaturated/α-hetero) is 1. The predicted octanol–water partition coefficient (Wildman–Crippen LogP) is 3.42. The fourth-order valence-electron chi connectivity index (χ4n) is 3.49. The van der Waals surface area contributed by atoms with Crippen LogP contribution < -0.4 is 20.9 Å². The normalized spacial score (nSPS) is 16.0. The first kappa shape index (κ1) is 22.2. The summed E-state index contributed by atoms with van der Waals surface area (Å²) in [7, 11) is 3.49. The lowest BCUT2D eigenvalue weighted by atomic mass is 9.85. The standard InChI is InChI=1S/C22H36N4O2/c1-16(27)19-12-17(22(2,3)4)13-20(21(19)28-6)26(23)15-18(24-5)14-25-10-8-7-9-11-25/h12-13,15,24H,7-11,14,23H2,1-6H3/b18-15-. The highest BCUT2D eigenvalue weighted by Crippen LogP contribution is 2.37. The fourth-order valence-corrected chi connectivity index (χ4v) is 3.49. The molecule has 0 amide bonds. The fraction of sp³-hybridized carbons (Fsp3) is 0.591. The van der Waals surface area contributed by atoms with Gasteiger partial charge in [-0.25, -0.2) is 5.84 Å². The summed E-state index contributed by atoms with van der Waals surface area (Å²) < 4.78 is 5.59. The van der Waals surface area contributed by atoms with Crippen LogP contribution in [-0.4, -0.2) is 44.5 Å². The van der Waals surface area contributed by atoms with Gasteiger partial charge in [-0.2, -0.15) is 0 Å². The molecule has 0 unspecified atom stereocenters. The molecular weight excluding hydrogens is 352 g/mol. The second kappa shape index (κ2) is 9.43. The second-order valence-electron chi connectivity index (χ2n) is 8.53. The van der Waals surface area contributed by atoms with Crippen LogP contribution in [-0.2, 0) is 5.41 Å². The lowest BCUT2D eigenvalue weighted by molar-refractivity contribution is 0.101. The van der Waals surface area contributed by atoms with Gasteiger partial charge in [-0.15, -0.1) is 0 Å². The number of ether oxygens (including phenoxy) is 1. The predicted molar refractivity (Wildman–Crippen MR) is 116 cm³/mol. The van der Waals surface area contributed by atoms with E-state index >= 15 is 0 Å². The summed E-state index contributed by atoms with van der Waals surface area (Å²) in [4.78, 5) is 14.7. The Labute approximate surface area is 169 Å². The van der Waals surface area contributed by atoms with Crippen molar-refractivity contribution in [3.05, 3.63) is 35.2 Å². The number of benzene rings is 1. The van der Waals surface area contributed by atoms with Crippen molar-refractivity contribution in [2.75, 3.05) is 38.8 Å². The molecule has 156 valence electrons. The molecular formula is C22H36N4O2. The third kappa shape index (κ3) is 5.49. The molecule has 1 aromatic carbocycles. The number of likely N-dealkylation sites (tertiary alicyclic amines) is 1. The van der Waals surface area contributed by atoms with Crippen LogP contribution in [0.5, 0.6) is 5.75 Å². The number of hydrogen-bond donors (Lipinski definition) is 2. The first-order valence-electron chi connectivity index (χ1n) is 10.1. The van der Waals surface area contributed by atoms with Crippen molar-refractivity contribution < 1.29 is 9.53 Å². The van der Waals surface area contributed by atoms with E-state index in [1.807, 2.05) is 25.4 Å². The van der Waals surface area contributed by atoms with E-state index in [0.717, 1.165) is 30.9 Å². The molecule has 0 aromatic heterocycles. The number of nitrogens with zero attached hydrogens (tertiary/aromatic N) is 2. The van der Waals surface area contributed by atoms with Crippen LogP contribution in [0, 0.1) is 0 Å². The summed E-state index contributed by atoms with van der Waals surface area (Å²) in [5.41, 5.74) is 3.19. The van der Waals surface area contributed by atoms with Crippen LogP contribution in [0.25, 0.3) is 0 Å². The van der Waals surface area contributed by atoms with Gasteiger partial charge in [-0.05, 0) is 56.0 Å². The minimum absolute atomic E-state index is 0.0382. The Hall–Kier alpha value is -2.05. The number of hydrazine groups is 1. The number of likely N-dealkylation sites (N-methyl/N-ethyl adjacent to an activating group) is 1. The number of carbonyl (C=O) groups excluding carboxylic acids is 1. The zero-order valence-corrected chi connectivity index (χ0v) is 18.3. The number of hydrogen-bond acceptors (Lipinski definition) is 6. The van der Waals surface area contributed by atoms with E-state index in [1.165, 1.54) is 19.3 Å². The van der Waals surface area contributed by atoms with Gasteiger partial charge in [0.2, 0.25) is 0 Å². The third-order valence-corrected chi connectivity index (χ3v) is 5.26. The van der Waals surface area contributed by atoms with Gasteiger partial charge in [0.05, 0.1) is 18.4 Å². The van der Waals surface area contributed by atoms with Crippen LogP contribution >= 0.6 is 0 Å². The molecule has 1 aliphatic heterocycles. The maximum absolute atomic E-state index is 12.2. The number of methoxy groups -OCH3 is 1. The molecule has 28 heavy (non-hydrogen) atoms. The van der Waals surface area contributed by atoms with Gasteiger partial charge in [-0.3, -0.25) is 14.7 Å². The lowest BCUT2D eigenvalue weighted by Crippen LogP contribution is -2.36. The number of ketones is 1. The van der Waals surface area contributed by atoms with Crippen molar-refractivity contribution in [2.24, 2.45) is 5.84 Å². The lowest BCUT2D eigenvalue weighted by Gasteiger charge is -2.29. The molecule has 1 aromatic rings. The maximum Gasteiger partial charge on any atom is 0.163 e. The van der Waals surface area contributed by atoms with Crippen molar-refractivity contribution in [1.29, 1.82) is 0 Å². The zero-order chi connectivity index (χ0) is 20.9. The van der Waals surface area contributed by atoms with E-state index < -0.39 is 0 Å². The molecule has 6 nitrogen and oxygen atoms in total. The Kier molecular flexibility index (Phi) is 7.49. The molecule has 0 atom stereocenters. The molecule has 3 N–H and O–H groups in total. The highest BCUT2D eigenvalue weighted by Gasteiger charge is 2.23. The topological polar surface area (TPSA) is 70.8 Å². The van der Waals surface area contributed by atoms with Gasteiger partial charge >= 0.3 is 0 Å². The molecule has 0 saturated carbocycles. The molecule has 0 bridgehead atoms. The average Bonchev–Trinajstić information content (AvgIpc) is 2.66. The highest BCUT2D eigenvalue weighted by molar-refractivity contribution is 5.99. The van der Waals surface area contributed by atoms with Crippen molar-refractivity contribution in [2.45, 2.75) is 52.4 Å². The van der Waals surface area contributed by atoms with Crippen LogP contribution in [0.15, 0.2) is 24.0 Å². The Morgan fingerprint density at radius 2 is 1.93 bits per heavy atom. The van der Waals surface area contributed by atoms with Gasteiger partial charge in [0.1, 0.15) is 0 Å². The van der Waals surface area contributed by atoms with E-state index in [9.17, 15) is 4.79 Å². The summed E-state index contributed by atoms with van der Waals surface area (Å²) in [6.45, 7) is 11.0. The van der Waals surface area contributed by atoms with Crippen LogP contribution in [0.3, 0.4) is 0 Å². The largest absolute Gasteiger partial charge is 0.494 e. The van der Waals surface area contributed by atoms with Gasteiger partial charge in [0.25, 0.3) is 0 Å². The molecule has 1 aliphatic rings. The Morgan fingerprint density at radius 1 is 1.29 bits per heavy atom. The maximum atomic E-state index is 12.2. The highest BCUT2D eigenvalue weighted by atomic mass is 16.5. The molecule has 1 fully saturated rings. The monoisotopic (exact) mass is 388 g/mol. The summed E-state index contributed by atoms with van der Waals surface area (Å²) in [6.07, 6.45) is 5.69. The first-order chi connectivity index (χ1) is 13.2. The first-order valence-corrected chi connectivity index (χ1v) is 10.1. The van der Waals surface area contributed by atoms with Gasteiger partial charge in [0, 0.05) is 25.5 Å². The minimum atomic E-state index is -0.116. The summed E-state index contributed by atoms with van der Waals surface area (Å²) in [6, 6.07) is 3.92. The van der Waals surface area contributed by atoms with Crippen LogP contribution in [0.1, 0.15) is 62.9 Å². The number of anilines is 1. The molecule has 0 aliphatic carbocycles. The number of rotatable bonds is 7. The van der Waals surface area contributed by atoms with E-state index in [-0.39, 0.29) is 11.2 Å². The molecule has 0 spiro atoms. The second-order valence-corrected chi connectivity index (χ2v) is 8.53. The third-order valence-electron chi connectivity index (χ3n) is 5.26. The smallest absolute Gasteiger partial charge is 0.163 e. The Morgan fingerprint density at radius 3 is 2.43 bits per heavy atom. The Balaban J connectivity index is 2.42. The number of nitrogens with two attached hydrogens (primary N) is 1. The SMILES string of the molecule is CN/C(=C\N(N)c1cc(C(C)(C)C)cc(C(C)=O)c1OC)CN1CCCCC1. The van der Waals surface area contributed by atoms with Crippen molar-refractivity contribution in [3.8, 4) is 5.75 Å². The number of carbonyl (C=O) groups is 1. The average molecular weight is 389 g/mol. The van der Waals surface area contributed by atoms with E-state index in [4.69, 9.17) is 10.6 Å². The van der Waals surface area contributed by atoms with Crippen LogP contribution in [0.4, 0.5) is 5.69 Å².